The highest BCUT2D eigenvalue weighted by molar-refractivity contribution is 7.89. The zero-order valence-electron chi connectivity index (χ0n) is 9.91. The van der Waals surface area contributed by atoms with E-state index in [1.165, 1.54) is 4.31 Å². The average Bonchev–Trinajstić information content (AvgIpc) is 2.39. The summed E-state index contributed by atoms with van der Waals surface area (Å²) in [7, 11) is -3.43. The van der Waals surface area contributed by atoms with Crippen LogP contribution in [0.5, 0.6) is 0 Å². The topological polar surface area (TPSA) is 72.6 Å². The molecule has 0 saturated carbocycles. The Labute approximate surface area is 113 Å². The van der Waals surface area contributed by atoms with Gasteiger partial charge in [0.2, 0.25) is 10.0 Å². The van der Waals surface area contributed by atoms with Gasteiger partial charge in [-0.15, -0.1) is 12.4 Å². The van der Waals surface area contributed by atoms with E-state index in [9.17, 15) is 8.42 Å². The van der Waals surface area contributed by atoms with Gasteiger partial charge < -0.3 is 10.5 Å². The van der Waals surface area contributed by atoms with E-state index >= 15 is 0 Å². The van der Waals surface area contributed by atoms with Crippen molar-refractivity contribution in [1.82, 2.24) is 4.31 Å². The van der Waals surface area contributed by atoms with Crippen LogP contribution in [0, 0.1) is 0 Å². The minimum Gasteiger partial charge on any atom is -0.379 e. The Bertz CT molecular complexity index is 487. The summed E-state index contributed by atoms with van der Waals surface area (Å²) in [5.74, 6) is 0. The smallest absolute Gasteiger partial charge is 0.243 e. The molecule has 0 aliphatic carbocycles. The summed E-state index contributed by atoms with van der Waals surface area (Å²) in [5.41, 5.74) is 6.22. The monoisotopic (exact) mass is 292 g/mol. The minimum absolute atomic E-state index is 0. The molecule has 0 radical (unpaired) electrons. The van der Waals surface area contributed by atoms with Crippen molar-refractivity contribution in [3.8, 4) is 0 Å². The van der Waals surface area contributed by atoms with Crippen LogP contribution in [0.25, 0.3) is 0 Å². The summed E-state index contributed by atoms with van der Waals surface area (Å²) in [6.07, 6.45) is 0. The van der Waals surface area contributed by atoms with E-state index in [0.717, 1.165) is 0 Å². The van der Waals surface area contributed by atoms with Crippen molar-refractivity contribution in [2.45, 2.75) is 11.4 Å². The van der Waals surface area contributed by atoms with Crippen molar-refractivity contribution in [3.63, 3.8) is 0 Å². The molecule has 0 atom stereocenters. The van der Waals surface area contributed by atoms with Gasteiger partial charge in [-0.1, -0.05) is 18.2 Å². The van der Waals surface area contributed by atoms with Gasteiger partial charge in [-0.05, 0) is 11.6 Å². The van der Waals surface area contributed by atoms with Crippen LogP contribution in [0.1, 0.15) is 5.56 Å². The molecule has 0 aromatic heterocycles. The van der Waals surface area contributed by atoms with Gasteiger partial charge in [-0.2, -0.15) is 4.31 Å². The second-order valence-electron chi connectivity index (χ2n) is 3.83. The molecule has 0 bridgehead atoms. The van der Waals surface area contributed by atoms with Gasteiger partial charge in [0.05, 0.1) is 18.1 Å². The van der Waals surface area contributed by atoms with Crippen molar-refractivity contribution < 1.29 is 13.2 Å². The van der Waals surface area contributed by atoms with Crippen molar-refractivity contribution in [3.05, 3.63) is 29.8 Å². The SMILES string of the molecule is Cl.NCc1ccccc1S(=O)(=O)N1CCOCC1. The highest BCUT2D eigenvalue weighted by Gasteiger charge is 2.27. The Morgan fingerprint density at radius 1 is 1.22 bits per heavy atom. The predicted octanol–water partition coefficient (Wildman–Crippen LogP) is 0.588. The molecular weight excluding hydrogens is 276 g/mol. The number of nitrogens with zero attached hydrogens (tertiary/aromatic N) is 1. The standard InChI is InChI=1S/C11H16N2O3S.ClH/c12-9-10-3-1-2-4-11(10)17(14,15)13-5-7-16-8-6-13;/h1-4H,5-9,12H2;1H. The fraction of sp³-hybridized carbons (Fsp3) is 0.455. The molecule has 1 aromatic carbocycles. The Morgan fingerprint density at radius 3 is 2.44 bits per heavy atom. The zero-order valence-corrected chi connectivity index (χ0v) is 11.5. The number of halogens is 1. The number of ether oxygens (including phenoxy) is 1. The zero-order chi connectivity index (χ0) is 12.3. The molecule has 0 amide bonds. The second kappa shape index (κ2) is 6.49. The Morgan fingerprint density at radius 2 is 1.83 bits per heavy atom. The largest absolute Gasteiger partial charge is 0.379 e. The second-order valence-corrected chi connectivity index (χ2v) is 5.73. The molecule has 1 fully saturated rings. The highest BCUT2D eigenvalue weighted by atomic mass is 35.5. The molecule has 18 heavy (non-hydrogen) atoms. The molecule has 1 aromatic rings. The molecule has 7 heteroatoms. The van der Waals surface area contributed by atoms with E-state index in [4.69, 9.17) is 10.5 Å². The predicted molar refractivity (Wildman–Crippen MR) is 71.2 cm³/mol. The quantitative estimate of drug-likeness (QED) is 0.885. The molecular formula is C11H17ClN2O3S. The van der Waals surface area contributed by atoms with Crippen LogP contribution in [-0.4, -0.2) is 39.0 Å². The van der Waals surface area contributed by atoms with Crippen molar-refractivity contribution in [2.75, 3.05) is 26.3 Å². The van der Waals surface area contributed by atoms with Crippen LogP contribution in [0.15, 0.2) is 29.2 Å². The fourth-order valence-electron chi connectivity index (χ4n) is 1.85. The molecule has 1 aliphatic rings. The third-order valence-corrected chi connectivity index (χ3v) is 4.78. The van der Waals surface area contributed by atoms with E-state index in [2.05, 4.69) is 0 Å². The van der Waals surface area contributed by atoms with Crippen molar-refractivity contribution in [2.24, 2.45) is 5.73 Å². The first-order valence-electron chi connectivity index (χ1n) is 5.52. The molecule has 0 spiro atoms. The molecule has 0 unspecified atom stereocenters. The number of hydrogen-bond acceptors (Lipinski definition) is 4. The first-order chi connectivity index (χ1) is 8.16. The lowest BCUT2D eigenvalue weighted by atomic mass is 10.2. The first-order valence-corrected chi connectivity index (χ1v) is 6.96. The summed E-state index contributed by atoms with van der Waals surface area (Å²) in [5, 5.41) is 0. The third-order valence-electron chi connectivity index (χ3n) is 2.78. The lowest BCUT2D eigenvalue weighted by Crippen LogP contribution is -2.41. The Balaban J connectivity index is 0.00000162. The lowest BCUT2D eigenvalue weighted by molar-refractivity contribution is 0.0730. The van der Waals surface area contributed by atoms with Crippen LogP contribution in [0.4, 0.5) is 0 Å². The lowest BCUT2D eigenvalue weighted by Gasteiger charge is -2.26. The Hall–Kier alpha value is -0.660. The first kappa shape index (κ1) is 15.4. The third kappa shape index (κ3) is 3.02. The van der Waals surface area contributed by atoms with Crippen LogP contribution in [-0.2, 0) is 21.3 Å². The van der Waals surface area contributed by atoms with Gasteiger partial charge in [0.1, 0.15) is 0 Å². The van der Waals surface area contributed by atoms with Crippen molar-refractivity contribution >= 4 is 22.4 Å². The van der Waals surface area contributed by atoms with Crippen LogP contribution < -0.4 is 5.73 Å². The van der Waals surface area contributed by atoms with E-state index in [-0.39, 0.29) is 19.0 Å². The van der Waals surface area contributed by atoms with Crippen LogP contribution >= 0.6 is 12.4 Å². The Kier molecular flexibility index (Phi) is 5.55. The van der Waals surface area contributed by atoms with E-state index < -0.39 is 10.0 Å². The van der Waals surface area contributed by atoms with Gasteiger partial charge in [0, 0.05) is 19.6 Å². The number of hydrogen-bond donors (Lipinski definition) is 1. The van der Waals surface area contributed by atoms with E-state index in [1.807, 2.05) is 0 Å². The average molecular weight is 293 g/mol. The number of morpholine rings is 1. The molecule has 1 saturated heterocycles. The van der Waals surface area contributed by atoms with Gasteiger partial charge in [0.25, 0.3) is 0 Å². The summed E-state index contributed by atoms with van der Waals surface area (Å²) >= 11 is 0. The van der Waals surface area contributed by atoms with Gasteiger partial charge in [0.15, 0.2) is 0 Å². The molecule has 102 valence electrons. The molecule has 5 nitrogen and oxygen atoms in total. The summed E-state index contributed by atoms with van der Waals surface area (Å²) in [4.78, 5) is 0.310. The highest BCUT2D eigenvalue weighted by Crippen LogP contribution is 2.20. The number of rotatable bonds is 3. The summed E-state index contributed by atoms with van der Waals surface area (Å²) in [6.45, 7) is 1.93. The van der Waals surface area contributed by atoms with E-state index in [0.29, 0.717) is 36.8 Å². The van der Waals surface area contributed by atoms with E-state index in [1.54, 1.807) is 24.3 Å². The molecule has 2 rings (SSSR count). The number of nitrogens with two attached hydrogens (primary N) is 1. The summed E-state index contributed by atoms with van der Waals surface area (Å²) in [6, 6.07) is 6.85. The maximum atomic E-state index is 12.4. The number of sulfonamides is 1. The normalized spacial score (nSPS) is 17.2. The summed E-state index contributed by atoms with van der Waals surface area (Å²) < 4.78 is 31.4. The molecule has 2 N–H and O–H groups in total. The van der Waals surface area contributed by atoms with Crippen LogP contribution in [0.3, 0.4) is 0 Å². The van der Waals surface area contributed by atoms with Gasteiger partial charge in [-0.3, -0.25) is 0 Å². The molecule has 1 aliphatic heterocycles. The number of benzene rings is 1. The van der Waals surface area contributed by atoms with Crippen molar-refractivity contribution in [1.29, 1.82) is 0 Å². The van der Waals surface area contributed by atoms with Crippen LogP contribution in [0.2, 0.25) is 0 Å². The van der Waals surface area contributed by atoms with Gasteiger partial charge >= 0.3 is 0 Å². The molecule has 1 heterocycles. The fourth-order valence-corrected chi connectivity index (χ4v) is 3.49. The maximum absolute atomic E-state index is 12.4. The minimum atomic E-state index is -3.43. The maximum Gasteiger partial charge on any atom is 0.243 e. The van der Waals surface area contributed by atoms with Gasteiger partial charge in [-0.25, -0.2) is 8.42 Å².